The van der Waals surface area contributed by atoms with Gasteiger partial charge in [-0.2, -0.15) is 0 Å². The first-order valence-corrected chi connectivity index (χ1v) is 5.43. The van der Waals surface area contributed by atoms with Gasteiger partial charge in [0.05, 0.1) is 4.92 Å². The summed E-state index contributed by atoms with van der Waals surface area (Å²) < 4.78 is 4.92. The summed E-state index contributed by atoms with van der Waals surface area (Å²) >= 11 is 0. The van der Waals surface area contributed by atoms with Gasteiger partial charge in [-0.25, -0.2) is 0 Å². The Balaban J connectivity index is 2.29. The summed E-state index contributed by atoms with van der Waals surface area (Å²) in [5, 5.41) is 14.4. The molecule has 0 spiro atoms. The van der Waals surface area contributed by atoms with Crippen LogP contribution in [0.4, 0.5) is 5.69 Å². The van der Waals surface area contributed by atoms with E-state index in [0.29, 0.717) is 0 Å². The number of nitrogens with zero attached hydrogens (tertiary/aromatic N) is 2. The van der Waals surface area contributed by atoms with Crippen LogP contribution in [0.15, 0.2) is 28.8 Å². The maximum absolute atomic E-state index is 10.8. The molecule has 5 nitrogen and oxygen atoms in total. The van der Waals surface area contributed by atoms with Gasteiger partial charge in [0, 0.05) is 0 Å². The van der Waals surface area contributed by atoms with Crippen molar-refractivity contribution < 1.29 is 9.45 Å². The summed E-state index contributed by atoms with van der Waals surface area (Å²) in [6.45, 7) is 3.54. The third-order valence-electron chi connectivity index (χ3n) is 2.54. The van der Waals surface area contributed by atoms with Crippen molar-refractivity contribution in [1.82, 2.24) is 5.16 Å². The molecule has 2 rings (SSSR count). The van der Waals surface area contributed by atoms with Crippen molar-refractivity contribution in [2.45, 2.75) is 13.8 Å². The highest BCUT2D eigenvalue weighted by atomic mass is 16.6. The molecule has 1 aromatic heterocycles. The van der Waals surface area contributed by atoms with Gasteiger partial charge in [-0.3, -0.25) is 10.1 Å². The minimum Gasteiger partial charge on any atom is -0.349 e. The lowest BCUT2D eigenvalue weighted by Crippen LogP contribution is -1.90. The SMILES string of the molecule is Cc1ccc(/C=C/c2onc(C)c2[N+](=O)[O-])cc1. The average molecular weight is 244 g/mol. The van der Waals surface area contributed by atoms with Crippen LogP contribution in [-0.4, -0.2) is 10.1 Å². The molecule has 0 fully saturated rings. The van der Waals surface area contributed by atoms with Crippen molar-refractivity contribution >= 4 is 17.8 Å². The Bertz CT molecular complexity index is 597. The quantitative estimate of drug-likeness (QED) is 0.613. The van der Waals surface area contributed by atoms with E-state index in [1.165, 1.54) is 0 Å². The molecule has 1 heterocycles. The third-order valence-corrected chi connectivity index (χ3v) is 2.54. The van der Waals surface area contributed by atoms with E-state index in [9.17, 15) is 10.1 Å². The molecule has 0 aliphatic rings. The number of nitro groups is 1. The molecular formula is C13H12N2O3. The van der Waals surface area contributed by atoms with E-state index in [1.807, 2.05) is 31.2 Å². The molecule has 5 heteroatoms. The fraction of sp³-hybridized carbons (Fsp3) is 0.154. The molecule has 0 unspecified atom stereocenters. The predicted molar refractivity (Wildman–Crippen MR) is 68.0 cm³/mol. The third kappa shape index (κ3) is 2.45. The molecule has 0 bridgehead atoms. The van der Waals surface area contributed by atoms with Crippen molar-refractivity contribution in [3.05, 3.63) is 57.0 Å². The van der Waals surface area contributed by atoms with Crippen LogP contribution >= 0.6 is 0 Å². The molecule has 2 aromatic rings. The zero-order valence-electron chi connectivity index (χ0n) is 10.1. The van der Waals surface area contributed by atoms with E-state index in [2.05, 4.69) is 5.16 Å². The number of rotatable bonds is 3. The van der Waals surface area contributed by atoms with Gasteiger partial charge < -0.3 is 4.52 Å². The fourth-order valence-corrected chi connectivity index (χ4v) is 1.56. The van der Waals surface area contributed by atoms with Crippen LogP contribution in [0.1, 0.15) is 22.6 Å². The molecule has 0 atom stereocenters. The van der Waals surface area contributed by atoms with E-state index < -0.39 is 4.92 Å². The topological polar surface area (TPSA) is 69.2 Å². The molecule has 18 heavy (non-hydrogen) atoms. The zero-order chi connectivity index (χ0) is 13.1. The zero-order valence-corrected chi connectivity index (χ0v) is 10.1. The maximum Gasteiger partial charge on any atom is 0.338 e. The van der Waals surface area contributed by atoms with Gasteiger partial charge >= 0.3 is 5.69 Å². The predicted octanol–water partition coefficient (Wildman–Crippen LogP) is 3.37. The number of aryl methyl sites for hydroxylation is 2. The van der Waals surface area contributed by atoms with Gasteiger partial charge in [0.1, 0.15) is 0 Å². The van der Waals surface area contributed by atoms with Crippen LogP contribution in [-0.2, 0) is 0 Å². The lowest BCUT2D eigenvalue weighted by atomic mass is 10.1. The minimum atomic E-state index is -0.485. The van der Waals surface area contributed by atoms with Crippen molar-refractivity contribution in [3.63, 3.8) is 0 Å². The standard InChI is InChI=1S/C13H12N2O3/c1-9-3-5-11(6-4-9)7-8-12-13(15(16)17)10(2)14-18-12/h3-8H,1-2H3/b8-7+. The first-order valence-electron chi connectivity index (χ1n) is 5.43. The molecule has 92 valence electrons. The van der Waals surface area contributed by atoms with Crippen LogP contribution in [0.2, 0.25) is 0 Å². The summed E-state index contributed by atoms with van der Waals surface area (Å²) in [4.78, 5) is 10.3. The summed E-state index contributed by atoms with van der Waals surface area (Å²) in [6, 6.07) is 7.81. The number of benzene rings is 1. The Morgan fingerprint density at radius 2 is 1.89 bits per heavy atom. The highest BCUT2D eigenvalue weighted by molar-refractivity contribution is 5.71. The van der Waals surface area contributed by atoms with Crippen LogP contribution in [0.5, 0.6) is 0 Å². The lowest BCUT2D eigenvalue weighted by molar-refractivity contribution is -0.386. The van der Waals surface area contributed by atoms with E-state index >= 15 is 0 Å². The molecule has 0 radical (unpaired) electrons. The average Bonchev–Trinajstić information content (AvgIpc) is 2.70. The monoisotopic (exact) mass is 244 g/mol. The van der Waals surface area contributed by atoms with Gasteiger partial charge in [0.25, 0.3) is 0 Å². The van der Waals surface area contributed by atoms with E-state index in [4.69, 9.17) is 4.52 Å². The maximum atomic E-state index is 10.8. The second-order valence-corrected chi connectivity index (χ2v) is 3.98. The fourth-order valence-electron chi connectivity index (χ4n) is 1.56. The number of hydrogen-bond acceptors (Lipinski definition) is 4. The van der Waals surface area contributed by atoms with Gasteiger partial charge in [0.2, 0.25) is 5.76 Å². The Morgan fingerprint density at radius 3 is 2.50 bits per heavy atom. The van der Waals surface area contributed by atoms with Crippen molar-refractivity contribution in [1.29, 1.82) is 0 Å². The van der Waals surface area contributed by atoms with Gasteiger partial charge in [-0.05, 0) is 25.5 Å². The van der Waals surface area contributed by atoms with Crippen LogP contribution in [0.3, 0.4) is 0 Å². The molecule has 1 aromatic carbocycles. The molecule has 0 saturated carbocycles. The normalized spacial score (nSPS) is 11.0. The Kier molecular flexibility index (Phi) is 3.23. The number of aromatic nitrogens is 1. The van der Waals surface area contributed by atoms with Crippen LogP contribution in [0, 0.1) is 24.0 Å². The highest BCUT2D eigenvalue weighted by Gasteiger charge is 2.21. The lowest BCUT2D eigenvalue weighted by Gasteiger charge is -1.93. The summed E-state index contributed by atoms with van der Waals surface area (Å²) in [7, 11) is 0. The first kappa shape index (κ1) is 12.0. The largest absolute Gasteiger partial charge is 0.349 e. The molecule has 0 aliphatic heterocycles. The minimum absolute atomic E-state index is 0.0849. The van der Waals surface area contributed by atoms with Crippen LogP contribution in [0.25, 0.3) is 12.2 Å². The Hall–Kier alpha value is -2.43. The highest BCUT2D eigenvalue weighted by Crippen LogP contribution is 2.24. The Morgan fingerprint density at radius 1 is 1.22 bits per heavy atom. The summed E-state index contributed by atoms with van der Waals surface area (Å²) in [5.41, 5.74) is 2.31. The van der Waals surface area contributed by atoms with Crippen molar-refractivity contribution in [2.75, 3.05) is 0 Å². The van der Waals surface area contributed by atoms with E-state index in [0.717, 1.165) is 11.1 Å². The Labute approximate surface area is 104 Å². The number of hydrogen-bond donors (Lipinski definition) is 0. The molecule has 0 aliphatic carbocycles. The van der Waals surface area contributed by atoms with Crippen LogP contribution < -0.4 is 0 Å². The van der Waals surface area contributed by atoms with E-state index in [-0.39, 0.29) is 17.1 Å². The molecule has 0 amide bonds. The summed E-state index contributed by atoms with van der Waals surface area (Å²) in [6.07, 6.45) is 3.31. The second-order valence-electron chi connectivity index (χ2n) is 3.98. The van der Waals surface area contributed by atoms with Gasteiger partial charge in [0.15, 0.2) is 5.69 Å². The van der Waals surface area contributed by atoms with E-state index in [1.54, 1.807) is 19.1 Å². The summed E-state index contributed by atoms with van der Waals surface area (Å²) in [5.74, 6) is 0.165. The van der Waals surface area contributed by atoms with Gasteiger partial charge in [-0.15, -0.1) is 0 Å². The second kappa shape index (κ2) is 4.83. The smallest absolute Gasteiger partial charge is 0.338 e. The first-order chi connectivity index (χ1) is 8.58. The molecular weight excluding hydrogens is 232 g/mol. The van der Waals surface area contributed by atoms with Crippen molar-refractivity contribution in [3.8, 4) is 0 Å². The molecule has 0 N–H and O–H groups in total. The molecule has 0 saturated heterocycles. The van der Waals surface area contributed by atoms with Crippen molar-refractivity contribution in [2.24, 2.45) is 0 Å². The van der Waals surface area contributed by atoms with Gasteiger partial charge in [-0.1, -0.05) is 41.1 Å².